The van der Waals surface area contributed by atoms with Crippen molar-refractivity contribution >= 4 is 11.9 Å². The number of carbonyl (C=O) groups excluding carboxylic acids is 2. The van der Waals surface area contributed by atoms with Crippen molar-refractivity contribution in [1.29, 1.82) is 0 Å². The van der Waals surface area contributed by atoms with Crippen LogP contribution in [0.3, 0.4) is 0 Å². The van der Waals surface area contributed by atoms with Crippen molar-refractivity contribution in [3.05, 3.63) is 0 Å². The van der Waals surface area contributed by atoms with Crippen molar-refractivity contribution < 1.29 is 28.7 Å². The Morgan fingerprint density at radius 3 is 1.13 bits per heavy atom. The predicted molar refractivity (Wildman–Crippen MR) is 214 cm³/mol. The van der Waals surface area contributed by atoms with Gasteiger partial charge in [-0.15, -0.1) is 10.1 Å². The molecule has 2 rings (SSSR count). The number of ether oxygens (including phenoxy) is 2. The van der Waals surface area contributed by atoms with Crippen molar-refractivity contribution in [3.8, 4) is 0 Å². The highest BCUT2D eigenvalue weighted by Gasteiger charge is 2.51. The number of hydrogen-bond acceptors (Lipinski definition) is 8. The molecule has 0 aromatic rings. The Hall–Kier alpha value is -1.22. The van der Waals surface area contributed by atoms with Gasteiger partial charge in [-0.2, -0.15) is 0 Å². The Morgan fingerprint density at radius 1 is 0.481 bits per heavy atom. The molecule has 0 aromatic heterocycles. The molecule has 0 saturated carbocycles. The van der Waals surface area contributed by atoms with Gasteiger partial charge in [0, 0.05) is 26.1 Å². The molecule has 2 heterocycles. The fourth-order valence-corrected chi connectivity index (χ4v) is 8.51. The highest BCUT2D eigenvalue weighted by molar-refractivity contribution is 5.69. The van der Waals surface area contributed by atoms with Crippen LogP contribution in [0.15, 0.2) is 0 Å². The van der Waals surface area contributed by atoms with E-state index in [0.717, 1.165) is 90.3 Å². The zero-order valence-electron chi connectivity index (χ0n) is 35.9. The van der Waals surface area contributed by atoms with Gasteiger partial charge in [-0.05, 0) is 107 Å². The number of piperidine rings is 2. The molecule has 2 aliphatic heterocycles. The average Bonchev–Trinajstić information content (AvgIpc) is 3.07. The van der Waals surface area contributed by atoms with Gasteiger partial charge in [0.25, 0.3) is 0 Å². The van der Waals surface area contributed by atoms with Gasteiger partial charge in [-0.25, -0.2) is 0 Å². The van der Waals surface area contributed by atoms with E-state index in [1.807, 2.05) is 10.1 Å². The van der Waals surface area contributed by atoms with Gasteiger partial charge < -0.3 is 19.1 Å². The average molecular weight is 737 g/mol. The molecule has 52 heavy (non-hydrogen) atoms. The summed E-state index contributed by atoms with van der Waals surface area (Å²) in [6, 6.07) is 0. The second-order valence-corrected chi connectivity index (χ2v) is 18.4. The minimum Gasteiger partial charge on any atom is -0.376 e. The van der Waals surface area contributed by atoms with Crippen LogP contribution in [0.2, 0.25) is 0 Å². The first-order chi connectivity index (χ1) is 24.6. The fourth-order valence-electron chi connectivity index (χ4n) is 8.51. The van der Waals surface area contributed by atoms with Crippen LogP contribution in [0.4, 0.5) is 0 Å². The summed E-state index contributed by atoms with van der Waals surface area (Å²) < 4.78 is 12.8. The van der Waals surface area contributed by atoms with Crippen LogP contribution in [0.1, 0.15) is 223 Å². The monoisotopic (exact) mass is 737 g/mol. The summed E-state index contributed by atoms with van der Waals surface area (Å²) >= 11 is 0. The first-order valence-electron chi connectivity index (χ1n) is 21.8. The van der Waals surface area contributed by atoms with E-state index in [4.69, 9.17) is 19.1 Å². The number of unbranched alkanes of at least 4 members (excludes halogenated alkanes) is 15. The number of rotatable bonds is 27. The van der Waals surface area contributed by atoms with Crippen molar-refractivity contribution in [2.45, 2.75) is 258 Å². The number of carbonyl (C=O) groups is 2. The first kappa shape index (κ1) is 46.9. The minimum atomic E-state index is -0.386. The SMILES string of the molecule is CCCCCCCCOC1CCC(C)(C)N(OC(=O)CCCCCCCCC(=O)ON2C(C)(C)CCC(OCCCCCCCC)C2(C)C)C1(C)C. The van der Waals surface area contributed by atoms with E-state index in [1.165, 1.54) is 64.2 Å². The molecule has 0 radical (unpaired) electrons. The Balaban J connectivity index is 1.66. The van der Waals surface area contributed by atoms with Crippen LogP contribution in [-0.2, 0) is 28.7 Å². The summed E-state index contributed by atoms with van der Waals surface area (Å²) in [4.78, 5) is 38.2. The lowest BCUT2D eigenvalue weighted by Gasteiger charge is -2.53. The van der Waals surface area contributed by atoms with E-state index in [2.05, 4.69) is 69.2 Å². The van der Waals surface area contributed by atoms with E-state index < -0.39 is 0 Å². The summed E-state index contributed by atoms with van der Waals surface area (Å²) in [6.45, 7) is 23.3. The highest BCUT2D eigenvalue weighted by Crippen LogP contribution is 2.42. The first-order valence-corrected chi connectivity index (χ1v) is 21.8. The molecule has 0 bridgehead atoms. The zero-order valence-corrected chi connectivity index (χ0v) is 35.9. The second kappa shape index (κ2) is 23.6. The molecule has 0 N–H and O–H groups in total. The minimum absolute atomic E-state index is 0.0460. The molecule has 0 aliphatic carbocycles. The van der Waals surface area contributed by atoms with Gasteiger partial charge in [0.15, 0.2) is 0 Å². The molecule has 2 unspecified atom stereocenters. The van der Waals surface area contributed by atoms with Gasteiger partial charge in [-0.1, -0.05) is 104 Å². The van der Waals surface area contributed by atoms with Gasteiger partial charge in [0.1, 0.15) is 0 Å². The maximum Gasteiger partial charge on any atom is 0.325 e. The number of hydroxylamine groups is 4. The zero-order chi connectivity index (χ0) is 38.7. The van der Waals surface area contributed by atoms with Gasteiger partial charge in [-0.3, -0.25) is 9.59 Å². The molecule has 0 aromatic carbocycles. The highest BCUT2D eigenvalue weighted by atomic mass is 16.7. The summed E-state index contributed by atoms with van der Waals surface area (Å²) in [7, 11) is 0. The van der Waals surface area contributed by atoms with Crippen LogP contribution in [0, 0.1) is 0 Å². The van der Waals surface area contributed by atoms with Crippen molar-refractivity contribution in [3.63, 3.8) is 0 Å². The Kier molecular flexibility index (Phi) is 21.3. The van der Waals surface area contributed by atoms with E-state index in [-0.39, 0.29) is 46.3 Å². The molecule has 0 amide bonds. The lowest BCUT2D eigenvalue weighted by molar-refractivity contribution is -0.290. The quantitative estimate of drug-likeness (QED) is 0.0771. The van der Waals surface area contributed by atoms with E-state index in [9.17, 15) is 9.59 Å². The van der Waals surface area contributed by atoms with Crippen molar-refractivity contribution in [1.82, 2.24) is 10.1 Å². The maximum atomic E-state index is 13.0. The molecule has 2 atom stereocenters. The number of nitrogens with zero attached hydrogens (tertiary/aromatic N) is 2. The lowest BCUT2D eigenvalue weighted by Crippen LogP contribution is -2.65. The van der Waals surface area contributed by atoms with Crippen LogP contribution in [-0.4, -0.2) is 69.6 Å². The third-order valence-electron chi connectivity index (χ3n) is 11.8. The van der Waals surface area contributed by atoms with Crippen LogP contribution in [0.5, 0.6) is 0 Å². The standard InChI is InChI=1S/C44H84N2O6/c1-11-13-15-17-23-27-35-49-37-31-33-41(3,4)45(43(37,7)8)51-39(47)29-25-21-19-20-22-26-30-40(48)52-46-42(5,6)34-32-38(44(46,9)10)50-36-28-24-18-16-14-12-2/h37-38H,11-36H2,1-10H3. The Morgan fingerprint density at radius 2 is 0.788 bits per heavy atom. The normalized spacial score (nSPS) is 22.7. The van der Waals surface area contributed by atoms with Gasteiger partial charge in [0.2, 0.25) is 0 Å². The Labute approximate surface area is 321 Å². The third-order valence-corrected chi connectivity index (χ3v) is 11.8. The van der Waals surface area contributed by atoms with Gasteiger partial charge >= 0.3 is 11.9 Å². The summed E-state index contributed by atoms with van der Waals surface area (Å²) in [5.41, 5.74) is -1.24. The maximum absolute atomic E-state index is 13.0. The second-order valence-electron chi connectivity index (χ2n) is 18.4. The van der Waals surface area contributed by atoms with Crippen molar-refractivity contribution in [2.75, 3.05) is 13.2 Å². The Bertz CT molecular complexity index is 917. The lowest BCUT2D eigenvalue weighted by atomic mass is 9.79. The molecule has 2 fully saturated rings. The van der Waals surface area contributed by atoms with Crippen LogP contribution in [0.25, 0.3) is 0 Å². The molecule has 0 spiro atoms. The van der Waals surface area contributed by atoms with E-state index in [0.29, 0.717) is 12.8 Å². The molecule has 2 saturated heterocycles. The predicted octanol–water partition coefficient (Wildman–Crippen LogP) is 11.8. The van der Waals surface area contributed by atoms with E-state index >= 15 is 0 Å². The molecule has 2 aliphatic rings. The van der Waals surface area contributed by atoms with E-state index in [1.54, 1.807) is 0 Å². The van der Waals surface area contributed by atoms with Crippen LogP contribution < -0.4 is 0 Å². The van der Waals surface area contributed by atoms with Crippen LogP contribution >= 0.6 is 0 Å². The summed E-state index contributed by atoms with van der Waals surface area (Å²) in [6.07, 6.45) is 25.4. The fraction of sp³-hybridized carbons (Fsp3) is 0.955. The van der Waals surface area contributed by atoms with Gasteiger partial charge in [0.05, 0.1) is 34.4 Å². The molecular weight excluding hydrogens is 652 g/mol. The van der Waals surface area contributed by atoms with Crippen molar-refractivity contribution in [2.24, 2.45) is 0 Å². The molecular formula is C44H84N2O6. The third kappa shape index (κ3) is 15.9. The topological polar surface area (TPSA) is 77.5 Å². The molecule has 8 nitrogen and oxygen atoms in total. The molecule has 8 heteroatoms. The smallest absolute Gasteiger partial charge is 0.325 e. The largest absolute Gasteiger partial charge is 0.376 e. The summed E-state index contributed by atoms with van der Waals surface area (Å²) in [5.74, 6) is -0.307. The number of hydrogen-bond donors (Lipinski definition) is 0. The molecule has 306 valence electrons. The summed E-state index contributed by atoms with van der Waals surface area (Å²) in [5, 5.41) is 3.87.